The lowest BCUT2D eigenvalue weighted by molar-refractivity contribution is -0.307. The zero-order valence-corrected chi connectivity index (χ0v) is 15.8. The second kappa shape index (κ2) is 8.24. The van der Waals surface area contributed by atoms with Crippen LogP contribution in [0.15, 0.2) is 53.4 Å². The van der Waals surface area contributed by atoms with Gasteiger partial charge in [-0.2, -0.15) is 0 Å². The molecule has 0 saturated carbocycles. The van der Waals surface area contributed by atoms with Crippen LogP contribution in [0.4, 0.5) is 5.69 Å². The van der Waals surface area contributed by atoms with E-state index < -0.39 is 12.6 Å². The summed E-state index contributed by atoms with van der Waals surface area (Å²) in [7, 11) is 1.57. The number of amides is 1. The number of nitrogens with zero attached hydrogens (tertiary/aromatic N) is 1. The Hall–Kier alpha value is -2.84. The van der Waals surface area contributed by atoms with Crippen LogP contribution >= 0.6 is 24.0 Å². The quantitative estimate of drug-likeness (QED) is 0.543. The molecule has 0 bridgehead atoms. The Morgan fingerprint density at radius 2 is 1.96 bits per heavy atom. The molecule has 1 aliphatic heterocycles. The number of carboxylic acids is 1. The largest absolute Gasteiger partial charge is 0.546 e. The van der Waals surface area contributed by atoms with Gasteiger partial charge in [-0.1, -0.05) is 36.1 Å². The molecule has 1 fully saturated rings. The fourth-order valence-electron chi connectivity index (χ4n) is 2.41. The normalized spacial score (nSPS) is 15.3. The van der Waals surface area contributed by atoms with E-state index in [1.807, 2.05) is 0 Å². The van der Waals surface area contributed by atoms with Crippen molar-refractivity contribution in [3.8, 4) is 11.5 Å². The third kappa shape index (κ3) is 4.47. The van der Waals surface area contributed by atoms with E-state index in [0.29, 0.717) is 32.0 Å². The average Bonchev–Trinajstić information content (AvgIpc) is 2.94. The molecule has 0 radical (unpaired) electrons. The first-order valence-corrected chi connectivity index (χ1v) is 9.05. The zero-order chi connectivity index (χ0) is 19.4. The third-order valence-corrected chi connectivity index (χ3v) is 4.94. The van der Waals surface area contributed by atoms with E-state index in [0.717, 1.165) is 0 Å². The molecule has 6 nitrogen and oxygen atoms in total. The number of carboxylic acid groups (broad SMARTS) is 1. The molecule has 0 N–H and O–H groups in total. The van der Waals surface area contributed by atoms with Crippen LogP contribution in [0.3, 0.4) is 0 Å². The van der Waals surface area contributed by atoms with Gasteiger partial charge in [0.2, 0.25) is 0 Å². The topological polar surface area (TPSA) is 78.9 Å². The summed E-state index contributed by atoms with van der Waals surface area (Å²) in [5, 5.41) is 10.5. The van der Waals surface area contributed by atoms with Gasteiger partial charge in [-0.3, -0.25) is 9.69 Å². The smallest absolute Gasteiger partial charge is 0.270 e. The van der Waals surface area contributed by atoms with Crippen molar-refractivity contribution in [3.63, 3.8) is 0 Å². The molecular formula is C19H14NO5S2-. The standard InChI is InChI=1S/C19H15NO5S2/c1-24-14-7-5-13(6-8-14)20-18(23)16(27-19(20)26)10-12-3-2-4-15(9-12)25-11-17(21)22/h2-10H,11H2,1H3,(H,21,22)/p-1/b16-10-. The molecule has 1 saturated heterocycles. The Labute approximate surface area is 165 Å². The van der Waals surface area contributed by atoms with Crippen molar-refractivity contribution in [2.45, 2.75) is 0 Å². The number of hydrogen-bond donors (Lipinski definition) is 0. The second-order valence-corrected chi connectivity index (χ2v) is 7.12. The fraction of sp³-hybridized carbons (Fsp3) is 0.105. The second-order valence-electron chi connectivity index (χ2n) is 5.45. The number of methoxy groups -OCH3 is 1. The summed E-state index contributed by atoms with van der Waals surface area (Å²) < 4.78 is 10.7. The van der Waals surface area contributed by atoms with Crippen molar-refractivity contribution in [3.05, 3.63) is 59.0 Å². The van der Waals surface area contributed by atoms with Crippen LogP contribution in [-0.4, -0.2) is 29.9 Å². The van der Waals surface area contributed by atoms with Crippen molar-refractivity contribution >= 4 is 51.9 Å². The van der Waals surface area contributed by atoms with Gasteiger partial charge in [-0.05, 0) is 48.0 Å². The van der Waals surface area contributed by atoms with E-state index in [4.69, 9.17) is 21.7 Å². The van der Waals surface area contributed by atoms with Gasteiger partial charge in [-0.15, -0.1) is 0 Å². The van der Waals surface area contributed by atoms with Gasteiger partial charge in [0, 0.05) is 0 Å². The maximum Gasteiger partial charge on any atom is 0.270 e. The summed E-state index contributed by atoms with van der Waals surface area (Å²) in [6, 6.07) is 13.8. The molecule has 2 aromatic rings. The Balaban J connectivity index is 1.81. The molecule has 0 atom stereocenters. The van der Waals surface area contributed by atoms with E-state index in [1.54, 1.807) is 61.7 Å². The third-order valence-electron chi connectivity index (χ3n) is 3.64. The number of ether oxygens (including phenoxy) is 2. The number of carbonyl (C=O) groups excluding carboxylic acids is 2. The number of aliphatic carboxylic acids is 1. The van der Waals surface area contributed by atoms with Gasteiger partial charge >= 0.3 is 0 Å². The predicted molar refractivity (Wildman–Crippen MR) is 106 cm³/mol. The molecular weight excluding hydrogens is 386 g/mol. The summed E-state index contributed by atoms with van der Waals surface area (Å²) in [6.07, 6.45) is 1.69. The monoisotopic (exact) mass is 400 g/mol. The first kappa shape index (κ1) is 18.9. The minimum absolute atomic E-state index is 0.226. The maximum absolute atomic E-state index is 12.8. The van der Waals surface area contributed by atoms with Crippen molar-refractivity contribution in [2.75, 3.05) is 18.6 Å². The minimum atomic E-state index is -1.30. The highest BCUT2D eigenvalue weighted by Crippen LogP contribution is 2.36. The Morgan fingerprint density at radius 1 is 1.22 bits per heavy atom. The number of thiocarbonyl (C=S) groups is 1. The van der Waals surface area contributed by atoms with Crippen LogP contribution in [0.25, 0.3) is 6.08 Å². The molecule has 0 spiro atoms. The van der Waals surface area contributed by atoms with Crippen molar-refractivity contribution < 1.29 is 24.2 Å². The zero-order valence-electron chi connectivity index (χ0n) is 14.2. The molecule has 1 aliphatic rings. The number of thioether (sulfide) groups is 1. The van der Waals surface area contributed by atoms with Crippen LogP contribution in [0.1, 0.15) is 5.56 Å². The Kier molecular flexibility index (Phi) is 5.78. The lowest BCUT2D eigenvalue weighted by atomic mass is 10.2. The minimum Gasteiger partial charge on any atom is -0.546 e. The molecule has 0 aliphatic carbocycles. The fourth-order valence-corrected chi connectivity index (χ4v) is 3.71. The molecule has 0 aromatic heterocycles. The molecule has 8 heteroatoms. The average molecular weight is 400 g/mol. The first-order chi connectivity index (χ1) is 13.0. The number of rotatable bonds is 6. The lowest BCUT2D eigenvalue weighted by Gasteiger charge is -2.14. The van der Waals surface area contributed by atoms with E-state index in [2.05, 4.69) is 0 Å². The Bertz CT molecular complexity index is 924. The van der Waals surface area contributed by atoms with Crippen LogP contribution in [0.2, 0.25) is 0 Å². The molecule has 2 aromatic carbocycles. The summed E-state index contributed by atoms with van der Waals surface area (Å²) in [4.78, 5) is 25.2. The lowest BCUT2D eigenvalue weighted by Crippen LogP contribution is -2.28. The predicted octanol–water partition coefficient (Wildman–Crippen LogP) is 2.23. The van der Waals surface area contributed by atoms with Crippen LogP contribution in [-0.2, 0) is 9.59 Å². The molecule has 3 rings (SSSR count). The molecule has 0 unspecified atom stereocenters. The van der Waals surface area contributed by atoms with Crippen molar-refractivity contribution in [1.29, 1.82) is 0 Å². The van der Waals surface area contributed by atoms with E-state index in [9.17, 15) is 14.7 Å². The van der Waals surface area contributed by atoms with E-state index in [-0.39, 0.29) is 5.91 Å². The van der Waals surface area contributed by atoms with E-state index >= 15 is 0 Å². The number of hydrogen-bond acceptors (Lipinski definition) is 7. The highest BCUT2D eigenvalue weighted by molar-refractivity contribution is 8.27. The van der Waals surface area contributed by atoms with Crippen LogP contribution < -0.4 is 19.5 Å². The molecule has 1 heterocycles. The number of carbonyl (C=O) groups is 2. The van der Waals surface area contributed by atoms with Gasteiger partial charge in [0.25, 0.3) is 5.91 Å². The molecule has 138 valence electrons. The number of benzene rings is 2. The molecule has 27 heavy (non-hydrogen) atoms. The van der Waals surface area contributed by atoms with Crippen LogP contribution in [0, 0.1) is 0 Å². The van der Waals surface area contributed by atoms with Gasteiger partial charge in [-0.25, -0.2) is 0 Å². The van der Waals surface area contributed by atoms with Crippen molar-refractivity contribution in [2.24, 2.45) is 0 Å². The number of anilines is 1. The van der Waals surface area contributed by atoms with Gasteiger partial charge < -0.3 is 19.4 Å². The summed E-state index contributed by atoms with van der Waals surface area (Å²) in [6.45, 7) is -0.539. The summed E-state index contributed by atoms with van der Waals surface area (Å²) in [5.41, 5.74) is 1.36. The van der Waals surface area contributed by atoms with E-state index in [1.165, 1.54) is 16.7 Å². The highest BCUT2D eigenvalue weighted by atomic mass is 32.2. The summed E-state index contributed by atoms with van der Waals surface area (Å²) in [5.74, 6) is -0.469. The summed E-state index contributed by atoms with van der Waals surface area (Å²) >= 11 is 6.55. The first-order valence-electron chi connectivity index (χ1n) is 7.82. The van der Waals surface area contributed by atoms with Crippen molar-refractivity contribution in [1.82, 2.24) is 0 Å². The Morgan fingerprint density at radius 3 is 2.63 bits per heavy atom. The van der Waals surface area contributed by atoms with Gasteiger partial charge in [0.1, 0.15) is 18.1 Å². The highest BCUT2D eigenvalue weighted by Gasteiger charge is 2.33. The molecule has 1 amide bonds. The SMILES string of the molecule is COc1ccc(N2C(=O)/C(=C/c3cccc(OCC(=O)[O-])c3)SC2=S)cc1. The van der Waals surface area contributed by atoms with Gasteiger partial charge in [0.05, 0.1) is 23.7 Å². The van der Waals surface area contributed by atoms with Gasteiger partial charge in [0.15, 0.2) is 4.32 Å². The maximum atomic E-state index is 12.8. The van der Waals surface area contributed by atoms with Crippen LogP contribution in [0.5, 0.6) is 11.5 Å².